The Morgan fingerprint density at radius 1 is 1.04 bits per heavy atom. The minimum atomic E-state index is -0.905. The molecule has 0 spiro atoms. The molecule has 0 aliphatic heterocycles. The quantitative estimate of drug-likeness (QED) is 0.638. The van der Waals surface area contributed by atoms with Gasteiger partial charge in [-0.15, -0.1) is 0 Å². The second kappa shape index (κ2) is 6.48. The standard InChI is InChI=1S/C13H7BrFN3O5/c14-8-1-2-12(11(15)5-8)16-13(19)7-3-9(17(20)21)6-10(4-7)18(22)23/h1-6H,(H,16,19). The van der Waals surface area contributed by atoms with Gasteiger partial charge in [0.25, 0.3) is 17.3 Å². The normalized spacial score (nSPS) is 10.2. The van der Waals surface area contributed by atoms with Gasteiger partial charge in [-0.1, -0.05) is 15.9 Å². The molecule has 0 bridgehead atoms. The summed E-state index contributed by atoms with van der Waals surface area (Å²) in [6.07, 6.45) is 0. The van der Waals surface area contributed by atoms with Crippen LogP contribution in [0.3, 0.4) is 0 Å². The highest BCUT2D eigenvalue weighted by Crippen LogP contribution is 2.24. The van der Waals surface area contributed by atoms with Crippen LogP contribution in [0.4, 0.5) is 21.5 Å². The van der Waals surface area contributed by atoms with Crippen molar-refractivity contribution in [3.63, 3.8) is 0 Å². The number of carbonyl (C=O) groups excluding carboxylic acids is 1. The number of hydrogen-bond donors (Lipinski definition) is 1. The Morgan fingerprint density at radius 3 is 2.09 bits per heavy atom. The Labute approximate surface area is 136 Å². The summed E-state index contributed by atoms with van der Waals surface area (Å²) >= 11 is 3.06. The molecule has 1 N–H and O–H groups in total. The number of amides is 1. The summed E-state index contributed by atoms with van der Waals surface area (Å²) in [5, 5.41) is 23.8. The molecule has 0 aliphatic carbocycles. The number of halogens is 2. The minimum absolute atomic E-state index is 0.160. The smallest absolute Gasteiger partial charge is 0.277 e. The SMILES string of the molecule is O=C(Nc1ccc(Br)cc1F)c1cc([N+](=O)[O-])cc([N+](=O)[O-])c1. The molecule has 23 heavy (non-hydrogen) atoms. The van der Waals surface area contributed by atoms with E-state index in [0.29, 0.717) is 4.47 Å². The van der Waals surface area contributed by atoms with E-state index in [4.69, 9.17) is 0 Å². The van der Waals surface area contributed by atoms with Gasteiger partial charge in [0.1, 0.15) is 5.82 Å². The second-order valence-electron chi connectivity index (χ2n) is 4.33. The van der Waals surface area contributed by atoms with Gasteiger partial charge in [-0.2, -0.15) is 0 Å². The number of non-ortho nitro benzene ring substituents is 2. The van der Waals surface area contributed by atoms with Crippen molar-refractivity contribution in [2.75, 3.05) is 5.32 Å². The number of hydrogen-bond acceptors (Lipinski definition) is 5. The fourth-order valence-corrected chi connectivity index (χ4v) is 2.06. The first-order valence-electron chi connectivity index (χ1n) is 5.98. The molecule has 2 aromatic rings. The van der Waals surface area contributed by atoms with E-state index in [1.165, 1.54) is 12.1 Å². The molecule has 0 aliphatic rings. The lowest BCUT2D eigenvalue weighted by atomic mass is 10.1. The average molecular weight is 384 g/mol. The van der Waals surface area contributed by atoms with Gasteiger partial charge in [-0.3, -0.25) is 25.0 Å². The molecule has 0 saturated heterocycles. The zero-order valence-corrected chi connectivity index (χ0v) is 12.7. The molecule has 118 valence electrons. The maximum atomic E-state index is 13.7. The Kier molecular flexibility index (Phi) is 4.65. The zero-order chi connectivity index (χ0) is 17.1. The van der Waals surface area contributed by atoms with Crippen LogP contribution < -0.4 is 5.32 Å². The number of nitrogens with zero attached hydrogens (tertiary/aromatic N) is 2. The largest absolute Gasteiger partial charge is 0.319 e. The maximum absolute atomic E-state index is 13.7. The predicted molar refractivity (Wildman–Crippen MR) is 81.8 cm³/mol. The van der Waals surface area contributed by atoms with Crippen LogP contribution in [-0.4, -0.2) is 15.8 Å². The Morgan fingerprint density at radius 2 is 1.61 bits per heavy atom. The predicted octanol–water partition coefficient (Wildman–Crippen LogP) is 3.66. The molecular formula is C13H7BrFN3O5. The molecule has 0 atom stereocenters. The van der Waals surface area contributed by atoms with E-state index in [0.717, 1.165) is 24.3 Å². The summed E-state index contributed by atoms with van der Waals surface area (Å²) in [5.74, 6) is -1.63. The average Bonchev–Trinajstić information content (AvgIpc) is 2.49. The number of nitro benzene ring substituents is 2. The van der Waals surface area contributed by atoms with E-state index >= 15 is 0 Å². The molecule has 10 heteroatoms. The number of benzene rings is 2. The fraction of sp³-hybridized carbons (Fsp3) is 0. The lowest BCUT2D eigenvalue weighted by Crippen LogP contribution is -2.13. The third kappa shape index (κ3) is 3.86. The molecule has 0 unspecified atom stereocenters. The van der Waals surface area contributed by atoms with Gasteiger partial charge in [-0.05, 0) is 18.2 Å². The van der Waals surface area contributed by atoms with Crippen molar-refractivity contribution in [1.82, 2.24) is 0 Å². The van der Waals surface area contributed by atoms with Gasteiger partial charge in [-0.25, -0.2) is 4.39 Å². The topological polar surface area (TPSA) is 115 Å². The van der Waals surface area contributed by atoms with Gasteiger partial charge in [0, 0.05) is 16.6 Å². The van der Waals surface area contributed by atoms with E-state index in [9.17, 15) is 29.4 Å². The first kappa shape index (κ1) is 16.5. The highest BCUT2D eigenvalue weighted by Gasteiger charge is 2.20. The van der Waals surface area contributed by atoms with Gasteiger partial charge in [0.15, 0.2) is 0 Å². The van der Waals surface area contributed by atoms with Crippen LogP contribution in [0, 0.1) is 26.0 Å². The van der Waals surface area contributed by atoms with Crippen molar-refractivity contribution >= 4 is 38.9 Å². The van der Waals surface area contributed by atoms with Gasteiger partial charge in [0.05, 0.1) is 27.2 Å². The molecule has 0 aromatic heterocycles. The molecule has 2 aromatic carbocycles. The van der Waals surface area contributed by atoms with Crippen molar-refractivity contribution in [2.24, 2.45) is 0 Å². The molecule has 0 fully saturated rings. The Balaban J connectivity index is 2.38. The maximum Gasteiger partial charge on any atom is 0.277 e. The molecule has 0 saturated carbocycles. The summed E-state index contributed by atoms with van der Waals surface area (Å²) in [6.45, 7) is 0. The van der Waals surface area contributed by atoms with Crippen LogP contribution in [0.5, 0.6) is 0 Å². The highest BCUT2D eigenvalue weighted by molar-refractivity contribution is 9.10. The van der Waals surface area contributed by atoms with Gasteiger partial charge in [0.2, 0.25) is 0 Å². The summed E-state index contributed by atoms with van der Waals surface area (Å²) < 4.78 is 14.1. The molecule has 8 nitrogen and oxygen atoms in total. The Hall–Kier alpha value is -2.88. The van der Waals surface area contributed by atoms with Crippen LogP contribution >= 0.6 is 15.9 Å². The summed E-state index contributed by atoms with van der Waals surface area (Å²) in [7, 11) is 0. The fourth-order valence-electron chi connectivity index (χ4n) is 1.72. The number of anilines is 1. The lowest BCUT2D eigenvalue weighted by molar-refractivity contribution is -0.394. The lowest BCUT2D eigenvalue weighted by Gasteiger charge is -2.07. The van der Waals surface area contributed by atoms with Crippen LogP contribution in [0.25, 0.3) is 0 Å². The summed E-state index contributed by atoms with van der Waals surface area (Å²) in [5.41, 5.74) is -1.71. The number of rotatable bonds is 4. The van der Waals surface area contributed by atoms with Crippen molar-refractivity contribution in [3.8, 4) is 0 Å². The van der Waals surface area contributed by atoms with E-state index in [2.05, 4.69) is 21.2 Å². The monoisotopic (exact) mass is 383 g/mol. The van der Waals surface area contributed by atoms with Crippen molar-refractivity contribution < 1.29 is 19.0 Å². The van der Waals surface area contributed by atoms with Crippen molar-refractivity contribution in [1.29, 1.82) is 0 Å². The summed E-state index contributed by atoms with van der Waals surface area (Å²) in [4.78, 5) is 31.9. The molecule has 2 rings (SSSR count). The van der Waals surface area contributed by atoms with Crippen LogP contribution in [0.15, 0.2) is 40.9 Å². The molecule has 0 heterocycles. The zero-order valence-electron chi connectivity index (χ0n) is 11.2. The van der Waals surface area contributed by atoms with Gasteiger partial charge < -0.3 is 5.32 Å². The van der Waals surface area contributed by atoms with Crippen LogP contribution in [-0.2, 0) is 0 Å². The number of carbonyl (C=O) groups is 1. The van der Waals surface area contributed by atoms with E-state index in [1.54, 1.807) is 0 Å². The summed E-state index contributed by atoms with van der Waals surface area (Å²) in [6, 6.07) is 6.36. The van der Waals surface area contributed by atoms with Crippen LogP contribution in [0.1, 0.15) is 10.4 Å². The first-order valence-corrected chi connectivity index (χ1v) is 6.77. The molecule has 0 radical (unpaired) electrons. The minimum Gasteiger partial charge on any atom is -0.319 e. The first-order chi connectivity index (χ1) is 10.8. The Bertz CT molecular complexity index is 795. The van der Waals surface area contributed by atoms with Crippen LogP contribution in [0.2, 0.25) is 0 Å². The van der Waals surface area contributed by atoms with Crippen molar-refractivity contribution in [3.05, 3.63) is 72.5 Å². The second-order valence-corrected chi connectivity index (χ2v) is 5.25. The van der Waals surface area contributed by atoms with Gasteiger partial charge >= 0.3 is 0 Å². The number of nitro groups is 2. The van der Waals surface area contributed by atoms with E-state index in [-0.39, 0.29) is 11.3 Å². The van der Waals surface area contributed by atoms with E-state index < -0.39 is 32.9 Å². The molecular weight excluding hydrogens is 377 g/mol. The highest BCUT2D eigenvalue weighted by atomic mass is 79.9. The third-order valence-electron chi connectivity index (χ3n) is 2.77. The number of nitrogens with one attached hydrogen (secondary N) is 1. The molecule has 1 amide bonds. The van der Waals surface area contributed by atoms with Crippen molar-refractivity contribution in [2.45, 2.75) is 0 Å². The third-order valence-corrected chi connectivity index (χ3v) is 3.26. The van der Waals surface area contributed by atoms with E-state index in [1.807, 2.05) is 0 Å².